The zero-order chi connectivity index (χ0) is 18.6. The number of amides is 1. The van der Waals surface area contributed by atoms with Gasteiger partial charge in [0.1, 0.15) is 10.6 Å². The molecule has 0 atom stereocenters. The van der Waals surface area contributed by atoms with E-state index in [1.54, 1.807) is 11.0 Å². The molecule has 1 aromatic rings. The van der Waals surface area contributed by atoms with Crippen molar-refractivity contribution in [1.29, 1.82) is 0 Å². The first kappa shape index (κ1) is 19.2. The first-order valence-electron chi connectivity index (χ1n) is 8.25. The van der Waals surface area contributed by atoms with Crippen LogP contribution in [-0.2, 0) is 14.6 Å². The van der Waals surface area contributed by atoms with Crippen LogP contribution in [0.3, 0.4) is 0 Å². The molecule has 0 unspecified atom stereocenters. The highest BCUT2D eigenvalue weighted by Crippen LogP contribution is 2.36. The van der Waals surface area contributed by atoms with Crippen LogP contribution >= 0.6 is 0 Å². The summed E-state index contributed by atoms with van der Waals surface area (Å²) in [5.41, 5.74) is -0.0979. The molecule has 25 heavy (non-hydrogen) atoms. The fourth-order valence-electron chi connectivity index (χ4n) is 3.02. The summed E-state index contributed by atoms with van der Waals surface area (Å²) in [7, 11) is -3.71. The number of nitro benzene ring substituents is 1. The van der Waals surface area contributed by atoms with E-state index in [9.17, 15) is 23.3 Å². The summed E-state index contributed by atoms with van der Waals surface area (Å²) in [5, 5.41) is 14.3. The van der Waals surface area contributed by atoms with E-state index in [4.69, 9.17) is 0 Å². The zero-order valence-corrected chi connectivity index (χ0v) is 15.2. The number of nitrogens with zero attached hydrogens (tertiary/aromatic N) is 2. The van der Waals surface area contributed by atoms with Gasteiger partial charge in [-0.1, -0.05) is 13.0 Å². The van der Waals surface area contributed by atoms with Gasteiger partial charge in [-0.15, -0.1) is 0 Å². The van der Waals surface area contributed by atoms with Crippen molar-refractivity contribution >= 4 is 27.1 Å². The third-order valence-corrected chi connectivity index (χ3v) is 5.44. The molecule has 1 heterocycles. The summed E-state index contributed by atoms with van der Waals surface area (Å²) < 4.78 is 23.7. The van der Waals surface area contributed by atoms with Crippen molar-refractivity contribution in [3.8, 4) is 0 Å². The van der Waals surface area contributed by atoms with Gasteiger partial charge in [0.25, 0.3) is 0 Å². The molecule has 0 aromatic heterocycles. The number of hydrogen-bond donors (Lipinski definition) is 1. The Bertz CT molecular complexity index is 755. The molecule has 1 aromatic carbocycles. The molecule has 1 aliphatic rings. The summed E-state index contributed by atoms with van der Waals surface area (Å²) >= 11 is 0. The van der Waals surface area contributed by atoms with Crippen LogP contribution in [0.1, 0.15) is 26.2 Å². The van der Waals surface area contributed by atoms with Crippen LogP contribution in [-0.4, -0.2) is 45.1 Å². The van der Waals surface area contributed by atoms with E-state index in [2.05, 4.69) is 5.32 Å². The van der Waals surface area contributed by atoms with Crippen LogP contribution < -0.4 is 10.2 Å². The van der Waals surface area contributed by atoms with Gasteiger partial charge in [-0.2, -0.15) is 0 Å². The largest absolute Gasteiger partial charge is 0.366 e. The Kier molecular flexibility index (Phi) is 5.99. The summed E-state index contributed by atoms with van der Waals surface area (Å²) in [6, 6.07) is 4.32. The number of sulfone groups is 1. The summed E-state index contributed by atoms with van der Waals surface area (Å²) in [6.07, 6.45) is 2.99. The van der Waals surface area contributed by atoms with E-state index < -0.39 is 14.8 Å². The second-order valence-electron chi connectivity index (χ2n) is 6.21. The third-order valence-electron chi connectivity index (χ3n) is 4.32. The van der Waals surface area contributed by atoms with E-state index >= 15 is 0 Å². The number of carbonyl (C=O) groups excluding carboxylic acids is 1. The maximum Gasteiger partial charge on any atom is 0.311 e. The molecule has 0 aliphatic carbocycles. The van der Waals surface area contributed by atoms with E-state index in [0.717, 1.165) is 12.7 Å². The smallest absolute Gasteiger partial charge is 0.311 e. The second kappa shape index (κ2) is 7.81. The highest BCUT2D eigenvalue weighted by atomic mass is 32.2. The Morgan fingerprint density at radius 2 is 2.00 bits per heavy atom. The number of nitro groups is 1. The maximum absolute atomic E-state index is 12.0. The monoisotopic (exact) mass is 369 g/mol. The molecule has 0 radical (unpaired) electrons. The zero-order valence-electron chi connectivity index (χ0n) is 14.4. The van der Waals surface area contributed by atoms with Gasteiger partial charge in [-0.3, -0.25) is 14.9 Å². The molecule has 9 heteroatoms. The lowest BCUT2D eigenvalue weighted by molar-refractivity contribution is -0.387. The minimum atomic E-state index is -3.71. The van der Waals surface area contributed by atoms with Crippen molar-refractivity contribution in [3.05, 3.63) is 28.3 Å². The van der Waals surface area contributed by atoms with Crippen LogP contribution in [0, 0.1) is 16.0 Å². The lowest BCUT2D eigenvalue weighted by Gasteiger charge is -2.32. The van der Waals surface area contributed by atoms with Gasteiger partial charge >= 0.3 is 5.69 Å². The number of para-hydroxylation sites is 1. The van der Waals surface area contributed by atoms with Gasteiger partial charge in [0, 0.05) is 31.8 Å². The molecule has 138 valence electrons. The van der Waals surface area contributed by atoms with E-state index in [-0.39, 0.29) is 22.4 Å². The molecule has 1 saturated heterocycles. The number of piperidine rings is 1. The van der Waals surface area contributed by atoms with E-state index in [1.807, 2.05) is 6.92 Å². The summed E-state index contributed by atoms with van der Waals surface area (Å²) in [4.78, 5) is 24.4. The third kappa shape index (κ3) is 4.47. The van der Waals surface area contributed by atoms with Crippen molar-refractivity contribution in [2.45, 2.75) is 31.1 Å². The van der Waals surface area contributed by atoms with Crippen molar-refractivity contribution in [2.24, 2.45) is 5.92 Å². The topological polar surface area (TPSA) is 110 Å². The SMILES string of the molecule is CCCNC(=O)C1CCN(c2cccc(S(C)(=O)=O)c2[N+](=O)[O-])CC1. The predicted molar refractivity (Wildman–Crippen MR) is 94.4 cm³/mol. The Morgan fingerprint density at radius 3 is 2.52 bits per heavy atom. The normalized spacial score (nSPS) is 15.8. The Hall–Kier alpha value is -2.16. The quantitative estimate of drug-likeness (QED) is 0.604. The van der Waals surface area contributed by atoms with Crippen LogP contribution in [0.5, 0.6) is 0 Å². The Balaban J connectivity index is 2.21. The van der Waals surface area contributed by atoms with Crippen molar-refractivity contribution in [1.82, 2.24) is 5.32 Å². The summed E-state index contributed by atoms with van der Waals surface area (Å²) in [6.45, 7) is 3.56. The van der Waals surface area contributed by atoms with Gasteiger partial charge in [-0.25, -0.2) is 8.42 Å². The van der Waals surface area contributed by atoms with E-state index in [1.165, 1.54) is 12.1 Å². The Morgan fingerprint density at radius 1 is 1.36 bits per heavy atom. The molecular formula is C16H23N3O5S. The first-order chi connectivity index (χ1) is 11.8. The lowest BCUT2D eigenvalue weighted by atomic mass is 9.95. The fraction of sp³-hybridized carbons (Fsp3) is 0.562. The van der Waals surface area contributed by atoms with Crippen LogP contribution in [0.4, 0.5) is 11.4 Å². The number of hydrogen-bond acceptors (Lipinski definition) is 6. The molecule has 1 N–H and O–H groups in total. The highest BCUT2D eigenvalue weighted by molar-refractivity contribution is 7.90. The van der Waals surface area contributed by atoms with Gasteiger partial charge in [0.15, 0.2) is 9.84 Å². The molecule has 0 spiro atoms. The predicted octanol–water partition coefficient (Wildman–Crippen LogP) is 1.74. The molecule has 0 bridgehead atoms. The molecule has 1 fully saturated rings. The maximum atomic E-state index is 12.0. The molecule has 2 rings (SSSR count). The first-order valence-corrected chi connectivity index (χ1v) is 10.1. The highest BCUT2D eigenvalue weighted by Gasteiger charge is 2.32. The van der Waals surface area contributed by atoms with Crippen molar-refractivity contribution in [2.75, 3.05) is 30.8 Å². The number of carbonyl (C=O) groups is 1. The average Bonchev–Trinajstić information content (AvgIpc) is 2.58. The lowest BCUT2D eigenvalue weighted by Crippen LogP contribution is -2.41. The number of anilines is 1. The van der Waals surface area contributed by atoms with Crippen molar-refractivity contribution in [3.63, 3.8) is 0 Å². The van der Waals surface area contributed by atoms with Gasteiger partial charge in [-0.05, 0) is 31.4 Å². The summed E-state index contributed by atoms with van der Waals surface area (Å²) in [5.74, 6) is -0.0965. The molecule has 1 aliphatic heterocycles. The van der Waals surface area contributed by atoms with Crippen molar-refractivity contribution < 1.29 is 18.1 Å². The number of nitrogens with one attached hydrogen (secondary N) is 1. The van der Waals surface area contributed by atoms with E-state index in [0.29, 0.717) is 38.2 Å². The molecule has 0 saturated carbocycles. The Labute approximate surface area is 147 Å². The van der Waals surface area contributed by atoms with Crippen LogP contribution in [0.15, 0.2) is 23.1 Å². The molecule has 1 amide bonds. The fourth-order valence-corrected chi connectivity index (χ4v) is 3.88. The average molecular weight is 369 g/mol. The minimum absolute atomic E-state index is 0.0147. The van der Waals surface area contributed by atoms with Gasteiger partial charge in [0.05, 0.1) is 4.92 Å². The minimum Gasteiger partial charge on any atom is -0.366 e. The van der Waals surface area contributed by atoms with Gasteiger partial charge in [0.2, 0.25) is 5.91 Å². The van der Waals surface area contributed by atoms with Crippen LogP contribution in [0.25, 0.3) is 0 Å². The molecule has 8 nitrogen and oxygen atoms in total. The van der Waals surface area contributed by atoms with Crippen LogP contribution in [0.2, 0.25) is 0 Å². The number of benzene rings is 1. The standard InChI is InChI=1S/C16H23N3O5S/c1-3-9-17-16(20)12-7-10-18(11-8-12)13-5-4-6-14(25(2,23)24)15(13)19(21)22/h4-6,12H,3,7-11H2,1-2H3,(H,17,20). The number of rotatable bonds is 6. The second-order valence-corrected chi connectivity index (χ2v) is 8.19. The van der Waals surface area contributed by atoms with Gasteiger partial charge < -0.3 is 10.2 Å². The molecular weight excluding hydrogens is 346 g/mol.